The van der Waals surface area contributed by atoms with Crippen molar-refractivity contribution in [1.29, 1.82) is 0 Å². The van der Waals surface area contributed by atoms with Gasteiger partial charge < -0.3 is 12.8 Å². The van der Waals surface area contributed by atoms with Crippen molar-refractivity contribution in [2.45, 2.75) is 19.6 Å². The average Bonchev–Trinajstić information content (AvgIpc) is 3.39. The van der Waals surface area contributed by atoms with Gasteiger partial charge in [-0.1, -0.05) is 222 Å². The van der Waals surface area contributed by atoms with Crippen molar-refractivity contribution < 1.29 is 44.8 Å². The van der Waals surface area contributed by atoms with E-state index in [0.29, 0.717) is 0 Å². The van der Waals surface area contributed by atoms with Crippen LogP contribution in [-0.2, 0) is 44.8 Å². The van der Waals surface area contributed by atoms with Gasteiger partial charge in [-0.05, 0) is 94.3 Å². The van der Waals surface area contributed by atoms with Gasteiger partial charge in [-0.3, -0.25) is 11.8 Å². The summed E-state index contributed by atoms with van der Waals surface area (Å²) < 4.78 is 0. The Balaban J connectivity index is 0.000000175. The fraction of sp³-hybridized carbons (Fsp3) is 0.0462. The van der Waals surface area contributed by atoms with Gasteiger partial charge in [-0.15, -0.1) is 11.1 Å². The van der Waals surface area contributed by atoms with E-state index >= 15 is 0 Å². The summed E-state index contributed by atoms with van der Waals surface area (Å²) in [4.78, 5) is 0. The van der Waals surface area contributed by atoms with Crippen LogP contribution in [0.5, 0.6) is 0 Å². The van der Waals surface area contributed by atoms with Crippen molar-refractivity contribution >= 4 is 104 Å². The molecule has 0 aliphatic carbocycles. The Morgan fingerprint density at radius 3 is 0.871 bits per heavy atom. The van der Waals surface area contributed by atoms with Gasteiger partial charge in [0, 0.05) is 0 Å². The van der Waals surface area contributed by atoms with E-state index in [2.05, 4.69) is 207 Å². The van der Waals surface area contributed by atoms with E-state index in [1.54, 1.807) is 5.30 Å². The molecule has 11 aromatic carbocycles. The molecule has 11 aromatic rings. The first kappa shape index (κ1) is 52.0. The first-order valence-electron chi connectivity index (χ1n) is 23.1. The van der Waals surface area contributed by atoms with Gasteiger partial charge in [0.2, 0.25) is 0 Å². The molecular formula is C65H52Au2P2Si+2. The Hall–Kier alpha value is -5.86. The van der Waals surface area contributed by atoms with E-state index in [9.17, 15) is 0 Å². The minimum Gasteiger partial charge on any atom is -0.366 e. The summed E-state index contributed by atoms with van der Waals surface area (Å²) in [6, 6.07) is 89.1. The van der Waals surface area contributed by atoms with Crippen LogP contribution in [0.3, 0.4) is 0 Å². The largest absolute Gasteiger partial charge is 1.00 e. The molecule has 0 aromatic heterocycles. The quantitative estimate of drug-likeness (QED) is 0.0490. The average molecular weight is 1320 g/mol. The zero-order valence-electron chi connectivity index (χ0n) is 39.3. The monoisotopic (exact) mass is 1320 g/mol. The third-order valence-corrected chi connectivity index (χ3v) is 20.3. The van der Waals surface area contributed by atoms with E-state index in [1.165, 1.54) is 31.7 Å². The first-order chi connectivity index (χ1) is 33.3. The molecule has 0 aliphatic heterocycles. The summed E-state index contributed by atoms with van der Waals surface area (Å²) in [6.45, 7) is 7.39. The molecule has 0 saturated carbocycles. The van der Waals surface area contributed by atoms with Crippen molar-refractivity contribution in [2.75, 3.05) is 0 Å². The fourth-order valence-electron chi connectivity index (χ4n) is 9.11. The molecule has 70 heavy (non-hydrogen) atoms. The molecule has 346 valence electrons. The van der Waals surface area contributed by atoms with E-state index in [-0.39, 0.29) is 44.8 Å². The minimum absolute atomic E-state index is 0. The van der Waals surface area contributed by atoms with E-state index in [0.717, 1.165) is 54.2 Å². The normalized spacial score (nSPS) is 10.8. The summed E-state index contributed by atoms with van der Waals surface area (Å²) in [5.74, 6) is 5.13. The maximum absolute atomic E-state index is 7.46. The molecule has 0 heterocycles. The van der Waals surface area contributed by atoms with Crippen molar-refractivity contribution in [2.24, 2.45) is 0 Å². The number of benzene rings is 11. The fourth-order valence-corrected chi connectivity index (χ4v) is 16.4. The summed E-state index contributed by atoms with van der Waals surface area (Å²) in [5, 5.41) is 19.4. The second-order valence-electron chi connectivity index (χ2n) is 17.9. The predicted octanol–water partition coefficient (Wildman–Crippen LogP) is 13.1. The first-order valence-corrected chi connectivity index (χ1v) is 29.6. The van der Waals surface area contributed by atoms with Gasteiger partial charge in [-0.2, -0.15) is 0 Å². The van der Waals surface area contributed by atoms with Crippen LogP contribution < -0.4 is 37.0 Å². The molecule has 0 amide bonds. The molecular weight excluding hydrogens is 1260 g/mol. The molecule has 11 rings (SSSR count). The Morgan fingerprint density at radius 1 is 0.314 bits per heavy atom. The SMILES string of the molecule is C[Si](C)(C)c1ccc([PH+](c2ccccc2)c2ccccc2)c([PH+](c2ccccc2)c2ccccc2)c1.[Au+].[Au+].[C-]#Cc1c2ccccc2cc2ccccc12.[C-]#Cc1c2ccccc2cc2ccccc12. The molecule has 0 unspecified atom stereocenters. The maximum Gasteiger partial charge on any atom is 1.00 e. The molecule has 0 atom stereocenters. The summed E-state index contributed by atoms with van der Waals surface area (Å²) in [7, 11) is -3.89. The Bertz CT molecular complexity index is 3260. The molecule has 0 fully saturated rings. The second-order valence-corrected chi connectivity index (χ2v) is 27.8. The third kappa shape index (κ3) is 11.7. The number of hydrogen-bond acceptors (Lipinski definition) is 0. The standard InChI is InChI=1S/C33H32P2Si.2C16H9.2Au/c1-36(2,3)31-24-25-32(34(27-16-8-4-9-17-27)28-18-10-5-11-19-28)33(26-31)35(29-20-12-6-13-21-29)30-22-14-7-15-23-30;2*1-2-14-15-9-5-3-7-12(15)11-13-8-4-6-10-16(13)14;;/h4-26H,1-3H3;2*3-11H;;/q;2*-1;2*+1/p+2. The molecule has 0 aliphatic rings. The molecule has 0 nitrogen and oxygen atoms in total. The van der Waals surface area contributed by atoms with Gasteiger partial charge in [0.25, 0.3) is 0 Å². The smallest absolute Gasteiger partial charge is 0.366 e. The van der Waals surface area contributed by atoms with Crippen LogP contribution in [0.15, 0.2) is 249 Å². The molecule has 0 N–H and O–H groups in total. The van der Waals surface area contributed by atoms with Crippen LogP contribution in [0.25, 0.3) is 43.1 Å². The van der Waals surface area contributed by atoms with Crippen LogP contribution >= 0.6 is 15.8 Å². The summed E-state index contributed by atoms with van der Waals surface area (Å²) in [6.07, 6.45) is 14.9. The second kappa shape index (κ2) is 24.3. The van der Waals surface area contributed by atoms with Crippen LogP contribution in [0.2, 0.25) is 19.6 Å². The maximum atomic E-state index is 7.46. The number of rotatable bonds is 7. The molecule has 0 radical (unpaired) electrons. The van der Waals surface area contributed by atoms with Gasteiger partial charge in [0.15, 0.2) is 0 Å². The molecule has 0 bridgehead atoms. The van der Waals surface area contributed by atoms with Gasteiger partial charge >= 0.3 is 44.8 Å². The Labute approximate surface area is 449 Å². The van der Waals surface area contributed by atoms with Gasteiger partial charge in [-0.25, -0.2) is 0 Å². The van der Waals surface area contributed by atoms with Gasteiger partial charge in [0.1, 0.15) is 47.7 Å². The Kier molecular flexibility index (Phi) is 18.1. The van der Waals surface area contributed by atoms with Crippen molar-refractivity contribution in [3.63, 3.8) is 0 Å². The number of hydrogen-bond donors (Lipinski definition) is 0. The van der Waals surface area contributed by atoms with Crippen molar-refractivity contribution in [1.82, 2.24) is 0 Å². The third-order valence-electron chi connectivity index (χ3n) is 12.5. The van der Waals surface area contributed by atoms with Crippen LogP contribution in [0.1, 0.15) is 11.1 Å². The van der Waals surface area contributed by atoms with Crippen molar-refractivity contribution in [3.8, 4) is 11.8 Å². The zero-order chi connectivity index (χ0) is 46.9. The van der Waals surface area contributed by atoms with Crippen molar-refractivity contribution in [3.05, 3.63) is 273 Å². The molecule has 5 heteroatoms. The van der Waals surface area contributed by atoms with Gasteiger partial charge in [0.05, 0.1) is 8.07 Å². The van der Waals surface area contributed by atoms with Crippen LogP contribution in [0, 0.1) is 24.7 Å². The van der Waals surface area contributed by atoms with Crippen LogP contribution in [0.4, 0.5) is 0 Å². The van der Waals surface area contributed by atoms with Crippen LogP contribution in [-0.4, -0.2) is 8.07 Å². The summed E-state index contributed by atoms with van der Waals surface area (Å²) >= 11 is 0. The van der Waals surface area contributed by atoms with E-state index < -0.39 is 23.9 Å². The number of fused-ring (bicyclic) bond motifs is 4. The summed E-state index contributed by atoms with van der Waals surface area (Å²) in [5.41, 5.74) is 1.77. The topological polar surface area (TPSA) is 0 Å². The van der Waals surface area contributed by atoms with E-state index in [4.69, 9.17) is 12.8 Å². The molecule has 0 saturated heterocycles. The van der Waals surface area contributed by atoms with E-state index in [1.807, 2.05) is 72.8 Å². The minimum atomic E-state index is -1.50. The molecule has 0 spiro atoms. The zero-order valence-corrected chi connectivity index (χ0v) is 46.6. The Morgan fingerprint density at radius 2 is 0.586 bits per heavy atom. The predicted molar refractivity (Wildman–Crippen MR) is 305 cm³/mol.